The molecule has 0 radical (unpaired) electrons. The Balaban J connectivity index is 1.66. The molecule has 0 fully saturated rings. The Morgan fingerprint density at radius 3 is 2.66 bits per heavy atom. The minimum absolute atomic E-state index is 0.0178. The topological polar surface area (TPSA) is 98.8 Å². The number of aliphatic imine (C=N–C) groups is 1. The number of nitrogens with zero attached hydrogens (tertiary/aromatic N) is 2. The van der Waals surface area contributed by atoms with Crippen molar-refractivity contribution in [2.45, 2.75) is 0 Å². The summed E-state index contributed by atoms with van der Waals surface area (Å²) >= 11 is 12.0. The second kappa shape index (κ2) is 7.58. The van der Waals surface area contributed by atoms with Crippen LogP contribution in [0.25, 0.3) is 22.6 Å². The number of hydrogen-bond acceptors (Lipinski definition) is 5. The second-order valence-electron chi connectivity index (χ2n) is 6.12. The first-order chi connectivity index (χ1) is 13.9. The molecular weight excluding hydrogens is 415 g/mol. The van der Waals surface area contributed by atoms with E-state index in [1.807, 2.05) is 0 Å². The van der Waals surface area contributed by atoms with Crippen LogP contribution in [0.15, 0.2) is 64.0 Å². The smallest absolute Gasteiger partial charge is 0.335 e. The number of carbonyl (C=O) groups is 1. The van der Waals surface area contributed by atoms with Gasteiger partial charge in [0.25, 0.3) is 0 Å². The largest absolute Gasteiger partial charge is 0.872 e. The van der Waals surface area contributed by atoms with Crippen molar-refractivity contribution in [2.75, 3.05) is 0 Å². The lowest BCUT2D eigenvalue weighted by Crippen LogP contribution is -2.01. The van der Waals surface area contributed by atoms with Gasteiger partial charge in [-0.3, -0.25) is 4.99 Å². The van der Waals surface area contributed by atoms with E-state index in [1.165, 1.54) is 24.4 Å². The molecule has 6 nitrogen and oxygen atoms in total. The highest BCUT2D eigenvalue weighted by Crippen LogP contribution is 2.31. The van der Waals surface area contributed by atoms with Gasteiger partial charge in [0.1, 0.15) is 5.52 Å². The zero-order chi connectivity index (χ0) is 20.5. The number of carboxylic acid groups (broad SMARTS) is 1. The predicted octanol–water partition coefficient (Wildman–Crippen LogP) is 5.32. The highest BCUT2D eigenvalue weighted by Gasteiger charge is 2.10. The Kier molecular flexibility index (Phi) is 4.96. The predicted molar refractivity (Wildman–Crippen MR) is 110 cm³/mol. The summed E-state index contributed by atoms with van der Waals surface area (Å²) in [7, 11) is 0. The molecular formula is C21H11Cl2N2O4-. The van der Waals surface area contributed by atoms with Gasteiger partial charge < -0.3 is 14.6 Å². The number of aromatic nitrogens is 1. The number of hydrogen-bond donors (Lipinski definition) is 1. The van der Waals surface area contributed by atoms with E-state index in [0.29, 0.717) is 38.3 Å². The average molecular weight is 426 g/mol. The summed E-state index contributed by atoms with van der Waals surface area (Å²) in [5, 5.41) is 21.8. The summed E-state index contributed by atoms with van der Waals surface area (Å²) in [5.74, 6) is -1.04. The molecule has 29 heavy (non-hydrogen) atoms. The summed E-state index contributed by atoms with van der Waals surface area (Å²) < 4.78 is 5.75. The van der Waals surface area contributed by atoms with Crippen LogP contribution >= 0.6 is 23.2 Å². The maximum absolute atomic E-state index is 11.9. The van der Waals surface area contributed by atoms with Crippen molar-refractivity contribution in [1.82, 2.24) is 4.98 Å². The molecule has 0 unspecified atom stereocenters. The highest BCUT2D eigenvalue weighted by molar-refractivity contribution is 6.42. The van der Waals surface area contributed by atoms with Crippen LogP contribution < -0.4 is 5.11 Å². The SMILES string of the molecule is O=C(O)c1ccc([O-])c(C=Nc2ccc3oc(-c4ccc(Cl)c(Cl)c4)nc3c2)c1. The molecule has 0 amide bonds. The first-order valence-corrected chi connectivity index (χ1v) is 9.11. The van der Waals surface area contributed by atoms with Crippen molar-refractivity contribution in [2.24, 2.45) is 4.99 Å². The van der Waals surface area contributed by atoms with Gasteiger partial charge in [-0.05, 0) is 54.1 Å². The molecule has 0 saturated heterocycles. The first kappa shape index (κ1) is 19.0. The van der Waals surface area contributed by atoms with E-state index in [4.69, 9.17) is 32.7 Å². The van der Waals surface area contributed by atoms with Crippen LogP contribution in [0.4, 0.5) is 5.69 Å². The second-order valence-corrected chi connectivity index (χ2v) is 6.93. The zero-order valence-corrected chi connectivity index (χ0v) is 16.1. The van der Waals surface area contributed by atoms with E-state index in [-0.39, 0.29) is 16.9 Å². The van der Waals surface area contributed by atoms with Gasteiger partial charge in [0.2, 0.25) is 5.89 Å². The van der Waals surface area contributed by atoms with Gasteiger partial charge >= 0.3 is 5.97 Å². The Bertz CT molecular complexity index is 1280. The third-order valence-corrected chi connectivity index (χ3v) is 4.89. The molecule has 8 heteroatoms. The monoisotopic (exact) mass is 425 g/mol. The summed E-state index contributed by atoms with van der Waals surface area (Å²) in [5.41, 5.74) is 2.55. The number of benzene rings is 3. The summed E-state index contributed by atoms with van der Waals surface area (Å²) in [4.78, 5) is 19.8. The fourth-order valence-electron chi connectivity index (χ4n) is 2.68. The van der Waals surface area contributed by atoms with Crippen molar-refractivity contribution in [3.05, 3.63) is 75.8 Å². The zero-order valence-electron chi connectivity index (χ0n) is 14.6. The van der Waals surface area contributed by atoms with Crippen LogP contribution in [0.5, 0.6) is 5.75 Å². The van der Waals surface area contributed by atoms with Crippen LogP contribution in [0, 0.1) is 0 Å². The average Bonchev–Trinajstić information content (AvgIpc) is 3.12. The van der Waals surface area contributed by atoms with Crippen molar-refractivity contribution >= 4 is 52.2 Å². The van der Waals surface area contributed by atoms with E-state index in [1.54, 1.807) is 36.4 Å². The summed E-state index contributed by atoms with van der Waals surface area (Å²) in [6.45, 7) is 0. The number of oxazole rings is 1. The van der Waals surface area contributed by atoms with Crippen LogP contribution in [0.3, 0.4) is 0 Å². The third kappa shape index (κ3) is 3.94. The van der Waals surface area contributed by atoms with Crippen molar-refractivity contribution in [3.63, 3.8) is 0 Å². The number of rotatable bonds is 4. The number of aromatic carboxylic acids is 1. The molecule has 144 valence electrons. The highest BCUT2D eigenvalue weighted by atomic mass is 35.5. The minimum atomic E-state index is -1.11. The van der Waals surface area contributed by atoms with E-state index >= 15 is 0 Å². The third-order valence-electron chi connectivity index (χ3n) is 4.15. The number of fused-ring (bicyclic) bond motifs is 1. The summed E-state index contributed by atoms with van der Waals surface area (Å²) in [6, 6.07) is 13.9. The van der Waals surface area contributed by atoms with Gasteiger partial charge in [0, 0.05) is 11.8 Å². The van der Waals surface area contributed by atoms with Crippen molar-refractivity contribution in [3.8, 4) is 17.2 Å². The maximum Gasteiger partial charge on any atom is 0.335 e. The Hall–Kier alpha value is -3.35. The molecule has 0 aliphatic carbocycles. The molecule has 4 aromatic rings. The molecule has 1 heterocycles. The normalized spacial score (nSPS) is 11.4. The van der Waals surface area contributed by atoms with Gasteiger partial charge in [-0.1, -0.05) is 29.3 Å². The molecule has 3 aromatic carbocycles. The quantitative estimate of drug-likeness (QED) is 0.445. The maximum atomic E-state index is 11.9. The Morgan fingerprint density at radius 2 is 1.90 bits per heavy atom. The van der Waals surface area contributed by atoms with Gasteiger partial charge in [-0.2, -0.15) is 0 Å². The van der Waals surface area contributed by atoms with Crippen LogP contribution in [-0.2, 0) is 0 Å². The number of carboxylic acids is 1. The van der Waals surface area contributed by atoms with Gasteiger partial charge in [0.05, 0.1) is 21.3 Å². The van der Waals surface area contributed by atoms with E-state index in [0.717, 1.165) is 0 Å². The molecule has 0 spiro atoms. The molecule has 1 aromatic heterocycles. The molecule has 0 saturated carbocycles. The summed E-state index contributed by atoms with van der Waals surface area (Å²) in [6.07, 6.45) is 1.33. The Morgan fingerprint density at radius 1 is 1.07 bits per heavy atom. The Labute approximate surface area is 174 Å². The molecule has 4 rings (SSSR count). The van der Waals surface area contributed by atoms with Crippen molar-refractivity contribution in [1.29, 1.82) is 0 Å². The molecule has 0 atom stereocenters. The molecule has 0 bridgehead atoms. The van der Waals surface area contributed by atoms with Crippen LogP contribution in [0.1, 0.15) is 15.9 Å². The van der Waals surface area contributed by atoms with E-state index in [2.05, 4.69) is 9.98 Å². The first-order valence-electron chi connectivity index (χ1n) is 8.35. The lowest BCUT2D eigenvalue weighted by Gasteiger charge is -2.09. The van der Waals surface area contributed by atoms with Gasteiger partial charge in [0.15, 0.2) is 5.58 Å². The fourth-order valence-corrected chi connectivity index (χ4v) is 2.97. The lowest BCUT2D eigenvalue weighted by atomic mass is 10.1. The number of halogens is 2. The lowest BCUT2D eigenvalue weighted by molar-refractivity contribution is -0.268. The van der Waals surface area contributed by atoms with Gasteiger partial charge in [-0.15, -0.1) is 5.75 Å². The minimum Gasteiger partial charge on any atom is -0.872 e. The standard InChI is InChI=1S/C21H12Cl2N2O4/c22-15-4-1-11(8-16(15)23)20-25-17-9-14(3-6-19(17)29-20)24-10-13-7-12(21(27)28)2-5-18(13)26/h1-10,26H,(H,27,28)/p-1. The molecule has 0 aliphatic heterocycles. The van der Waals surface area contributed by atoms with E-state index in [9.17, 15) is 9.90 Å². The fraction of sp³-hybridized carbons (Fsp3) is 0. The van der Waals surface area contributed by atoms with Crippen LogP contribution in [0.2, 0.25) is 10.0 Å². The molecule has 0 aliphatic rings. The van der Waals surface area contributed by atoms with Crippen LogP contribution in [-0.4, -0.2) is 22.3 Å². The van der Waals surface area contributed by atoms with Crippen molar-refractivity contribution < 1.29 is 19.4 Å². The molecule has 1 N–H and O–H groups in total. The van der Waals surface area contributed by atoms with Gasteiger partial charge in [-0.25, -0.2) is 9.78 Å². The van der Waals surface area contributed by atoms with E-state index < -0.39 is 5.97 Å².